The molecular formula is C14H24N4O. The monoisotopic (exact) mass is 264 g/mol. The second kappa shape index (κ2) is 6.70. The topological polar surface area (TPSA) is 50.3 Å². The van der Waals surface area contributed by atoms with Gasteiger partial charge in [-0.1, -0.05) is 6.92 Å². The van der Waals surface area contributed by atoms with Crippen molar-refractivity contribution in [1.29, 1.82) is 0 Å². The molecule has 5 heteroatoms. The van der Waals surface area contributed by atoms with Gasteiger partial charge in [-0.05, 0) is 33.2 Å². The first kappa shape index (κ1) is 14.1. The summed E-state index contributed by atoms with van der Waals surface area (Å²) < 4.78 is 5.72. The molecule has 1 fully saturated rings. The van der Waals surface area contributed by atoms with E-state index >= 15 is 0 Å². The Labute approximate surface area is 115 Å². The van der Waals surface area contributed by atoms with Gasteiger partial charge in [-0.25, -0.2) is 4.98 Å². The van der Waals surface area contributed by atoms with Crippen molar-refractivity contribution >= 4 is 5.82 Å². The Hall–Kier alpha value is -1.36. The van der Waals surface area contributed by atoms with Crippen LogP contribution in [0.25, 0.3) is 0 Å². The van der Waals surface area contributed by atoms with Crippen LogP contribution >= 0.6 is 0 Å². The molecule has 1 N–H and O–H groups in total. The maximum absolute atomic E-state index is 5.72. The van der Waals surface area contributed by atoms with Gasteiger partial charge in [0.15, 0.2) is 0 Å². The molecule has 0 saturated heterocycles. The van der Waals surface area contributed by atoms with Crippen LogP contribution in [0.5, 0.6) is 5.88 Å². The minimum atomic E-state index is 0.662. The lowest BCUT2D eigenvalue weighted by molar-refractivity contribution is 0.226. The van der Waals surface area contributed by atoms with E-state index < -0.39 is 0 Å². The molecule has 0 bridgehead atoms. The summed E-state index contributed by atoms with van der Waals surface area (Å²) in [7, 11) is 2.15. The Balaban J connectivity index is 1.82. The third-order valence-corrected chi connectivity index (χ3v) is 3.23. The average molecular weight is 264 g/mol. The quantitative estimate of drug-likeness (QED) is 0.779. The van der Waals surface area contributed by atoms with Crippen molar-refractivity contribution in [2.75, 3.05) is 32.1 Å². The zero-order valence-corrected chi connectivity index (χ0v) is 12.1. The van der Waals surface area contributed by atoms with Gasteiger partial charge in [0.25, 0.3) is 0 Å². The van der Waals surface area contributed by atoms with Crippen LogP contribution < -0.4 is 10.1 Å². The lowest BCUT2D eigenvalue weighted by Crippen LogP contribution is -2.26. The van der Waals surface area contributed by atoms with E-state index in [1.165, 1.54) is 12.8 Å². The molecule has 1 heterocycles. The molecule has 2 rings (SSSR count). The van der Waals surface area contributed by atoms with E-state index in [2.05, 4.69) is 34.2 Å². The summed E-state index contributed by atoms with van der Waals surface area (Å²) >= 11 is 0. The van der Waals surface area contributed by atoms with Crippen molar-refractivity contribution in [1.82, 2.24) is 14.9 Å². The molecule has 0 atom stereocenters. The normalized spacial score (nSPS) is 14.7. The molecule has 0 radical (unpaired) electrons. The molecule has 0 spiro atoms. The standard InChI is InChI=1S/C14H24N4O/c1-4-7-15-13-10-14(17-11(2)16-13)19-9-8-18(3)12-5-6-12/h10,12H,4-9H2,1-3H3,(H,15,16,17). The highest BCUT2D eigenvalue weighted by atomic mass is 16.5. The molecule has 0 aliphatic heterocycles. The number of hydrogen-bond donors (Lipinski definition) is 1. The smallest absolute Gasteiger partial charge is 0.218 e. The highest BCUT2D eigenvalue weighted by molar-refractivity contribution is 5.38. The molecule has 1 aliphatic rings. The minimum Gasteiger partial charge on any atom is -0.476 e. The van der Waals surface area contributed by atoms with E-state index in [1.54, 1.807) is 0 Å². The fourth-order valence-electron chi connectivity index (χ4n) is 1.95. The van der Waals surface area contributed by atoms with Crippen molar-refractivity contribution in [2.24, 2.45) is 0 Å². The number of aromatic nitrogens is 2. The average Bonchev–Trinajstić information content (AvgIpc) is 3.20. The first-order valence-corrected chi connectivity index (χ1v) is 7.11. The summed E-state index contributed by atoms with van der Waals surface area (Å²) in [6.07, 6.45) is 3.73. The molecule has 0 unspecified atom stereocenters. The number of nitrogens with one attached hydrogen (secondary N) is 1. The van der Waals surface area contributed by atoms with Gasteiger partial charge in [0.05, 0.1) is 0 Å². The zero-order valence-electron chi connectivity index (χ0n) is 12.1. The number of aryl methyl sites for hydroxylation is 1. The summed E-state index contributed by atoms with van der Waals surface area (Å²) in [5.74, 6) is 2.25. The fraction of sp³-hybridized carbons (Fsp3) is 0.714. The second-order valence-electron chi connectivity index (χ2n) is 5.13. The largest absolute Gasteiger partial charge is 0.476 e. The maximum atomic E-state index is 5.72. The van der Waals surface area contributed by atoms with Crippen molar-refractivity contribution in [3.8, 4) is 5.88 Å². The molecular weight excluding hydrogens is 240 g/mol. The van der Waals surface area contributed by atoms with E-state index in [4.69, 9.17) is 4.74 Å². The summed E-state index contributed by atoms with van der Waals surface area (Å²) in [5.41, 5.74) is 0. The number of ether oxygens (including phenoxy) is 1. The van der Waals surface area contributed by atoms with E-state index in [9.17, 15) is 0 Å². The molecule has 0 aromatic carbocycles. The lowest BCUT2D eigenvalue weighted by Gasteiger charge is -2.15. The van der Waals surface area contributed by atoms with Gasteiger partial charge >= 0.3 is 0 Å². The Kier molecular flexibility index (Phi) is 4.96. The first-order valence-electron chi connectivity index (χ1n) is 7.11. The van der Waals surface area contributed by atoms with Gasteiger partial charge < -0.3 is 15.0 Å². The van der Waals surface area contributed by atoms with Crippen molar-refractivity contribution < 1.29 is 4.74 Å². The SMILES string of the molecule is CCCNc1cc(OCCN(C)C2CC2)nc(C)n1. The second-order valence-corrected chi connectivity index (χ2v) is 5.13. The Morgan fingerprint density at radius 1 is 1.42 bits per heavy atom. The number of hydrogen-bond acceptors (Lipinski definition) is 5. The molecule has 1 aromatic heterocycles. The van der Waals surface area contributed by atoms with Gasteiger partial charge in [-0.15, -0.1) is 0 Å². The van der Waals surface area contributed by atoms with Gasteiger partial charge in [0.1, 0.15) is 18.2 Å². The van der Waals surface area contributed by atoms with Crippen LogP contribution in [-0.4, -0.2) is 47.7 Å². The molecule has 1 aliphatic carbocycles. The molecule has 1 aromatic rings. The fourth-order valence-corrected chi connectivity index (χ4v) is 1.95. The molecule has 19 heavy (non-hydrogen) atoms. The number of likely N-dealkylation sites (N-methyl/N-ethyl adjacent to an activating group) is 1. The van der Waals surface area contributed by atoms with Gasteiger partial charge in [-0.3, -0.25) is 0 Å². The van der Waals surface area contributed by atoms with Crippen LogP contribution in [-0.2, 0) is 0 Å². The predicted octanol–water partition coefficient (Wildman–Crippen LogP) is 2.08. The van der Waals surface area contributed by atoms with Gasteiger partial charge in [0, 0.05) is 25.2 Å². The van der Waals surface area contributed by atoms with Crippen LogP contribution in [0.15, 0.2) is 6.07 Å². The highest BCUT2D eigenvalue weighted by Crippen LogP contribution is 2.24. The Morgan fingerprint density at radius 3 is 2.89 bits per heavy atom. The maximum Gasteiger partial charge on any atom is 0.218 e. The van der Waals surface area contributed by atoms with Crippen molar-refractivity contribution in [3.05, 3.63) is 11.9 Å². The van der Waals surface area contributed by atoms with Crippen LogP contribution in [0.2, 0.25) is 0 Å². The van der Waals surface area contributed by atoms with Crippen LogP contribution in [0.1, 0.15) is 32.0 Å². The van der Waals surface area contributed by atoms with E-state index in [1.807, 2.05) is 13.0 Å². The van der Waals surface area contributed by atoms with Crippen LogP contribution in [0, 0.1) is 6.92 Å². The third kappa shape index (κ3) is 4.67. The number of anilines is 1. The van der Waals surface area contributed by atoms with Gasteiger partial charge in [-0.2, -0.15) is 4.98 Å². The van der Waals surface area contributed by atoms with Crippen molar-refractivity contribution in [3.63, 3.8) is 0 Å². The Bertz CT molecular complexity index is 406. The number of nitrogens with zero attached hydrogens (tertiary/aromatic N) is 3. The lowest BCUT2D eigenvalue weighted by atomic mass is 10.4. The molecule has 106 valence electrons. The molecule has 0 amide bonds. The molecule has 1 saturated carbocycles. The highest BCUT2D eigenvalue weighted by Gasteiger charge is 2.25. The summed E-state index contributed by atoms with van der Waals surface area (Å²) in [5, 5.41) is 3.26. The van der Waals surface area contributed by atoms with Crippen LogP contribution in [0.3, 0.4) is 0 Å². The van der Waals surface area contributed by atoms with E-state index in [-0.39, 0.29) is 0 Å². The zero-order chi connectivity index (χ0) is 13.7. The van der Waals surface area contributed by atoms with E-state index in [0.29, 0.717) is 12.5 Å². The Morgan fingerprint density at radius 2 is 2.21 bits per heavy atom. The predicted molar refractivity (Wildman–Crippen MR) is 76.7 cm³/mol. The van der Waals surface area contributed by atoms with Crippen molar-refractivity contribution in [2.45, 2.75) is 39.2 Å². The van der Waals surface area contributed by atoms with E-state index in [0.717, 1.165) is 37.2 Å². The number of rotatable bonds is 8. The third-order valence-electron chi connectivity index (χ3n) is 3.23. The van der Waals surface area contributed by atoms with Gasteiger partial charge in [0.2, 0.25) is 5.88 Å². The molecule has 5 nitrogen and oxygen atoms in total. The minimum absolute atomic E-state index is 0.662. The van der Waals surface area contributed by atoms with Crippen LogP contribution in [0.4, 0.5) is 5.82 Å². The summed E-state index contributed by atoms with van der Waals surface area (Å²) in [6.45, 7) is 6.56. The first-order chi connectivity index (χ1) is 9.19. The summed E-state index contributed by atoms with van der Waals surface area (Å²) in [6, 6.07) is 2.65. The summed E-state index contributed by atoms with van der Waals surface area (Å²) in [4.78, 5) is 11.0.